The summed E-state index contributed by atoms with van der Waals surface area (Å²) in [4.78, 5) is 32.1. The van der Waals surface area contributed by atoms with Gasteiger partial charge < -0.3 is 14.8 Å². The zero-order valence-electron chi connectivity index (χ0n) is 19.8. The standard InChI is InChI=1S/C26H28N4O4/c1-17-22(25(31)33-4)24(20-10-11-21(14-27)28-15-20)23(18(2)29-17)26(32)34-13-12-30(3)16-19-8-6-5-7-9-19/h5-11,15,24,29H,12-13,16H2,1-4H3. The van der Waals surface area contributed by atoms with Crippen molar-refractivity contribution < 1.29 is 19.1 Å². The van der Waals surface area contributed by atoms with Gasteiger partial charge in [0.25, 0.3) is 0 Å². The van der Waals surface area contributed by atoms with Crippen LogP contribution < -0.4 is 5.32 Å². The number of benzene rings is 1. The predicted molar refractivity (Wildman–Crippen MR) is 126 cm³/mol. The lowest BCUT2D eigenvalue weighted by Gasteiger charge is -2.30. The van der Waals surface area contributed by atoms with E-state index >= 15 is 0 Å². The second kappa shape index (κ2) is 11.3. The second-order valence-electron chi connectivity index (χ2n) is 8.07. The Bertz CT molecular complexity index is 1150. The van der Waals surface area contributed by atoms with Crippen molar-refractivity contribution >= 4 is 11.9 Å². The lowest BCUT2D eigenvalue weighted by Crippen LogP contribution is -2.33. The molecule has 1 N–H and O–H groups in total. The Morgan fingerprint density at radius 3 is 2.35 bits per heavy atom. The molecule has 2 heterocycles. The molecular weight excluding hydrogens is 432 g/mol. The Morgan fingerprint density at radius 2 is 1.76 bits per heavy atom. The van der Waals surface area contributed by atoms with Gasteiger partial charge in [0, 0.05) is 30.7 Å². The number of nitrogens with zero attached hydrogens (tertiary/aromatic N) is 3. The van der Waals surface area contributed by atoms with Crippen molar-refractivity contribution in [2.24, 2.45) is 0 Å². The SMILES string of the molecule is COC(=O)C1=C(C)NC(C)=C(C(=O)OCCN(C)Cc2ccccc2)C1c1ccc(C#N)nc1. The highest BCUT2D eigenvalue weighted by Crippen LogP contribution is 2.38. The molecule has 0 radical (unpaired) electrons. The second-order valence-corrected chi connectivity index (χ2v) is 8.07. The number of carbonyl (C=O) groups excluding carboxylic acids is 2. The van der Waals surface area contributed by atoms with Gasteiger partial charge in [-0.15, -0.1) is 0 Å². The van der Waals surface area contributed by atoms with Gasteiger partial charge in [-0.05, 0) is 38.1 Å². The monoisotopic (exact) mass is 460 g/mol. The fraction of sp³-hybridized carbons (Fsp3) is 0.308. The van der Waals surface area contributed by atoms with E-state index < -0.39 is 17.9 Å². The smallest absolute Gasteiger partial charge is 0.336 e. The molecule has 0 amide bonds. The summed E-state index contributed by atoms with van der Waals surface area (Å²) in [5.41, 5.74) is 3.77. The molecule has 1 aromatic heterocycles. The van der Waals surface area contributed by atoms with Crippen LogP contribution >= 0.6 is 0 Å². The van der Waals surface area contributed by atoms with Crippen LogP contribution in [0.3, 0.4) is 0 Å². The normalized spacial score (nSPS) is 15.6. The van der Waals surface area contributed by atoms with E-state index in [0.29, 0.717) is 34.6 Å². The van der Waals surface area contributed by atoms with Gasteiger partial charge in [-0.1, -0.05) is 36.4 Å². The van der Waals surface area contributed by atoms with Crippen molar-refractivity contribution in [1.29, 1.82) is 5.26 Å². The first-order chi connectivity index (χ1) is 16.3. The van der Waals surface area contributed by atoms with Crippen molar-refractivity contribution in [3.8, 4) is 6.07 Å². The van der Waals surface area contributed by atoms with Crippen molar-refractivity contribution in [2.75, 3.05) is 27.3 Å². The Hall–Kier alpha value is -3.96. The van der Waals surface area contributed by atoms with Gasteiger partial charge in [0.2, 0.25) is 0 Å². The molecule has 2 aromatic rings. The number of nitriles is 1. The van der Waals surface area contributed by atoms with Crippen molar-refractivity contribution in [2.45, 2.75) is 26.3 Å². The Balaban J connectivity index is 1.80. The first-order valence-corrected chi connectivity index (χ1v) is 10.9. The topological polar surface area (TPSA) is 105 Å². The summed E-state index contributed by atoms with van der Waals surface area (Å²) in [6, 6.07) is 15.2. The number of nitrogens with one attached hydrogen (secondary N) is 1. The third-order valence-corrected chi connectivity index (χ3v) is 5.62. The molecule has 34 heavy (non-hydrogen) atoms. The van der Waals surface area contributed by atoms with Crippen LogP contribution in [0.15, 0.2) is 71.2 Å². The average Bonchev–Trinajstić information content (AvgIpc) is 2.83. The maximum absolute atomic E-state index is 13.2. The molecule has 0 spiro atoms. The molecule has 0 fully saturated rings. The number of allylic oxidation sites excluding steroid dienone is 2. The number of pyridine rings is 1. The Labute approximate surface area is 199 Å². The van der Waals surface area contributed by atoms with Gasteiger partial charge in [0.05, 0.1) is 24.2 Å². The minimum absolute atomic E-state index is 0.188. The van der Waals surface area contributed by atoms with Crippen LogP contribution in [0.2, 0.25) is 0 Å². The number of likely N-dealkylation sites (N-methyl/N-ethyl adjacent to an activating group) is 1. The summed E-state index contributed by atoms with van der Waals surface area (Å²) < 4.78 is 10.6. The van der Waals surface area contributed by atoms with Crippen LogP contribution in [0.5, 0.6) is 0 Å². The van der Waals surface area contributed by atoms with Crippen LogP contribution in [0.1, 0.15) is 36.6 Å². The molecule has 0 saturated carbocycles. The fourth-order valence-electron chi connectivity index (χ4n) is 3.97. The number of hydrogen-bond donors (Lipinski definition) is 1. The average molecular weight is 461 g/mol. The molecule has 1 aliphatic heterocycles. The van der Waals surface area contributed by atoms with Gasteiger partial charge in [0.1, 0.15) is 18.4 Å². The Kier molecular flexibility index (Phi) is 8.17. The minimum Gasteiger partial charge on any atom is -0.466 e. The summed E-state index contributed by atoms with van der Waals surface area (Å²) in [5, 5.41) is 12.2. The summed E-state index contributed by atoms with van der Waals surface area (Å²) in [6.45, 7) is 4.98. The highest BCUT2D eigenvalue weighted by molar-refractivity contribution is 5.99. The molecule has 3 rings (SSSR count). The molecule has 0 bridgehead atoms. The zero-order valence-corrected chi connectivity index (χ0v) is 19.8. The highest BCUT2D eigenvalue weighted by Gasteiger charge is 2.38. The van der Waals surface area contributed by atoms with E-state index in [1.165, 1.54) is 18.9 Å². The van der Waals surface area contributed by atoms with Crippen LogP contribution in [0.25, 0.3) is 0 Å². The molecule has 1 aromatic carbocycles. The largest absolute Gasteiger partial charge is 0.466 e. The molecule has 1 atom stereocenters. The molecule has 0 saturated heterocycles. The zero-order chi connectivity index (χ0) is 24.7. The van der Waals surface area contributed by atoms with Crippen LogP contribution in [-0.4, -0.2) is 49.1 Å². The maximum Gasteiger partial charge on any atom is 0.336 e. The number of esters is 2. The van der Waals surface area contributed by atoms with Gasteiger partial charge >= 0.3 is 11.9 Å². The fourth-order valence-corrected chi connectivity index (χ4v) is 3.97. The van der Waals surface area contributed by atoms with Crippen LogP contribution in [0, 0.1) is 11.3 Å². The number of rotatable bonds is 8. The van der Waals surface area contributed by atoms with Gasteiger partial charge in [-0.3, -0.25) is 4.90 Å². The van der Waals surface area contributed by atoms with E-state index in [1.54, 1.807) is 26.0 Å². The maximum atomic E-state index is 13.2. The van der Waals surface area contributed by atoms with Crippen LogP contribution in [0.4, 0.5) is 0 Å². The third-order valence-electron chi connectivity index (χ3n) is 5.62. The third kappa shape index (κ3) is 5.69. The lowest BCUT2D eigenvalue weighted by molar-refractivity contribution is -0.139. The Morgan fingerprint density at radius 1 is 1.09 bits per heavy atom. The predicted octanol–water partition coefficient (Wildman–Crippen LogP) is 3.04. The number of dihydropyridines is 1. The number of methoxy groups -OCH3 is 1. The number of ether oxygens (including phenoxy) is 2. The quantitative estimate of drug-likeness (QED) is 0.600. The van der Waals surface area contributed by atoms with E-state index in [9.17, 15) is 9.59 Å². The summed E-state index contributed by atoms with van der Waals surface area (Å²) >= 11 is 0. The first kappa shape index (κ1) is 24.7. The van der Waals surface area contributed by atoms with Crippen molar-refractivity contribution in [3.63, 3.8) is 0 Å². The van der Waals surface area contributed by atoms with E-state index in [2.05, 4.69) is 15.2 Å². The molecule has 1 unspecified atom stereocenters. The molecule has 176 valence electrons. The van der Waals surface area contributed by atoms with Gasteiger partial charge in [-0.25, -0.2) is 14.6 Å². The van der Waals surface area contributed by atoms with E-state index in [0.717, 1.165) is 6.54 Å². The molecule has 1 aliphatic rings. The number of aromatic nitrogens is 1. The lowest BCUT2D eigenvalue weighted by atomic mass is 9.81. The van der Waals surface area contributed by atoms with E-state index in [-0.39, 0.29) is 12.3 Å². The van der Waals surface area contributed by atoms with Gasteiger partial charge in [-0.2, -0.15) is 5.26 Å². The molecule has 0 aliphatic carbocycles. The molecule has 8 nitrogen and oxygen atoms in total. The van der Waals surface area contributed by atoms with E-state index in [1.807, 2.05) is 43.4 Å². The minimum atomic E-state index is -0.733. The molecular formula is C26H28N4O4. The first-order valence-electron chi connectivity index (χ1n) is 10.9. The number of carbonyl (C=O) groups is 2. The van der Waals surface area contributed by atoms with Crippen molar-refractivity contribution in [1.82, 2.24) is 15.2 Å². The number of hydrogen-bond acceptors (Lipinski definition) is 8. The summed E-state index contributed by atoms with van der Waals surface area (Å²) in [7, 11) is 3.25. The summed E-state index contributed by atoms with van der Waals surface area (Å²) in [6.07, 6.45) is 1.50. The van der Waals surface area contributed by atoms with Crippen molar-refractivity contribution in [3.05, 3.63) is 88.0 Å². The van der Waals surface area contributed by atoms with Crippen LogP contribution in [-0.2, 0) is 25.6 Å². The van der Waals surface area contributed by atoms with E-state index in [4.69, 9.17) is 14.7 Å². The van der Waals surface area contributed by atoms with Gasteiger partial charge in [0.15, 0.2) is 0 Å². The molecule has 8 heteroatoms. The summed E-state index contributed by atoms with van der Waals surface area (Å²) in [5.74, 6) is -1.82. The highest BCUT2D eigenvalue weighted by atomic mass is 16.5.